The van der Waals surface area contributed by atoms with Gasteiger partial charge in [0.1, 0.15) is 0 Å². The molecule has 0 N–H and O–H groups in total. The number of nitrogens with zero attached hydrogens (tertiary/aromatic N) is 1. The fourth-order valence-corrected chi connectivity index (χ4v) is 0.819. The maximum Gasteiger partial charge on any atom is 0.433 e. The third-order valence-corrected chi connectivity index (χ3v) is 1.33. The molecule has 0 aromatic carbocycles. The molecule has 0 radical (unpaired) electrons. The zero-order chi connectivity index (χ0) is 9.19. The van der Waals surface area contributed by atoms with Crippen molar-refractivity contribution in [3.8, 4) is 0 Å². The summed E-state index contributed by atoms with van der Waals surface area (Å²) in [7, 11) is 0. The molecule has 1 aromatic rings. The first-order valence-electron chi connectivity index (χ1n) is 3.20. The van der Waals surface area contributed by atoms with Crippen LogP contribution in [-0.2, 0) is 6.18 Å². The number of alkyl halides is 3. The van der Waals surface area contributed by atoms with Gasteiger partial charge in [-0.3, -0.25) is 4.98 Å². The van der Waals surface area contributed by atoms with Gasteiger partial charge in [-0.1, -0.05) is 18.7 Å². The molecule has 0 aliphatic rings. The predicted octanol–water partition coefficient (Wildman–Crippen LogP) is 2.74. The van der Waals surface area contributed by atoms with Crippen LogP contribution in [0.25, 0.3) is 6.08 Å². The summed E-state index contributed by atoms with van der Waals surface area (Å²) in [5.74, 6) is 0. The third-order valence-electron chi connectivity index (χ3n) is 1.33. The van der Waals surface area contributed by atoms with Crippen LogP contribution in [0.4, 0.5) is 13.2 Å². The molecule has 12 heavy (non-hydrogen) atoms. The van der Waals surface area contributed by atoms with E-state index in [4.69, 9.17) is 0 Å². The third kappa shape index (κ3) is 1.64. The summed E-state index contributed by atoms with van der Waals surface area (Å²) >= 11 is 0. The molecule has 0 aliphatic heterocycles. The van der Waals surface area contributed by atoms with Crippen molar-refractivity contribution in [3.63, 3.8) is 0 Å². The number of aromatic nitrogens is 1. The van der Waals surface area contributed by atoms with E-state index in [1.54, 1.807) is 0 Å². The van der Waals surface area contributed by atoms with Gasteiger partial charge in [0.05, 0.1) is 0 Å². The van der Waals surface area contributed by atoms with Gasteiger partial charge in [-0.15, -0.1) is 0 Å². The van der Waals surface area contributed by atoms with Crippen LogP contribution in [0.15, 0.2) is 24.9 Å². The van der Waals surface area contributed by atoms with Gasteiger partial charge in [0.25, 0.3) is 0 Å². The molecule has 64 valence electrons. The number of hydrogen-bond donors (Lipinski definition) is 0. The van der Waals surface area contributed by atoms with Crippen LogP contribution in [0.3, 0.4) is 0 Å². The molecule has 0 atom stereocenters. The lowest BCUT2D eigenvalue weighted by molar-refractivity contribution is -0.141. The first-order valence-corrected chi connectivity index (χ1v) is 3.20. The maximum absolute atomic E-state index is 12.1. The zero-order valence-electron chi connectivity index (χ0n) is 6.10. The van der Waals surface area contributed by atoms with Gasteiger partial charge in [0, 0.05) is 11.8 Å². The molecule has 1 aromatic heterocycles. The van der Waals surface area contributed by atoms with Crippen LogP contribution in [0.2, 0.25) is 0 Å². The Morgan fingerprint density at radius 2 is 2.08 bits per heavy atom. The van der Waals surface area contributed by atoms with E-state index in [9.17, 15) is 13.2 Å². The fraction of sp³-hybridized carbons (Fsp3) is 0.125. The topological polar surface area (TPSA) is 12.9 Å². The van der Waals surface area contributed by atoms with E-state index >= 15 is 0 Å². The van der Waals surface area contributed by atoms with Crippen molar-refractivity contribution in [1.82, 2.24) is 4.98 Å². The minimum atomic E-state index is -4.40. The smallest absolute Gasteiger partial charge is 0.251 e. The summed E-state index contributed by atoms with van der Waals surface area (Å²) in [4.78, 5) is 3.22. The van der Waals surface area contributed by atoms with Gasteiger partial charge in [-0.25, -0.2) is 0 Å². The second kappa shape index (κ2) is 2.97. The van der Waals surface area contributed by atoms with E-state index in [1.807, 2.05) is 0 Å². The fourth-order valence-electron chi connectivity index (χ4n) is 0.819. The summed E-state index contributed by atoms with van der Waals surface area (Å²) < 4.78 is 36.4. The first kappa shape index (κ1) is 8.77. The van der Waals surface area contributed by atoms with E-state index in [1.165, 1.54) is 12.1 Å². The Labute approximate surface area is 67.6 Å². The van der Waals surface area contributed by atoms with Gasteiger partial charge >= 0.3 is 6.18 Å². The lowest BCUT2D eigenvalue weighted by atomic mass is 10.2. The van der Waals surface area contributed by atoms with Crippen molar-refractivity contribution in [2.75, 3.05) is 0 Å². The monoisotopic (exact) mass is 173 g/mol. The Bertz CT molecular complexity index is 291. The van der Waals surface area contributed by atoms with Gasteiger partial charge in [-0.2, -0.15) is 13.2 Å². The summed E-state index contributed by atoms with van der Waals surface area (Å²) in [6.07, 6.45) is -2.16. The van der Waals surface area contributed by atoms with Crippen molar-refractivity contribution in [2.24, 2.45) is 0 Å². The van der Waals surface area contributed by atoms with Crippen LogP contribution in [0.1, 0.15) is 11.3 Å². The lowest BCUT2D eigenvalue weighted by Gasteiger charge is -2.07. The molecule has 0 fully saturated rings. The molecule has 4 heteroatoms. The molecule has 0 saturated carbocycles. The standard InChI is InChI=1S/C8H6F3N/c1-2-6-4-3-5-12-7(6)8(9,10)11/h2-5H,1H2. The van der Waals surface area contributed by atoms with Crippen molar-refractivity contribution < 1.29 is 13.2 Å². The van der Waals surface area contributed by atoms with Crippen LogP contribution >= 0.6 is 0 Å². The Hall–Kier alpha value is -1.32. The molecular formula is C8H6F3N. The zero-order valence-corrected chi connectivity index (χ0v) is 6.10. The van der Waals surface area contributed by atoms with E-state index in [-0.39, 0.29) is 5.56 Å². The van der Waals surface area contributed by atoms with E-state index < -0.39 is 11.9 Å². The average Bonchev–Trinajstić information content (AvgIpc) is 2.03. The number of rotatable bonds is 1. The Kier molecular flexibility index (Phi) is 2.17. The summed E-state index contributed by atoms with van der Waals surface area (Å²) in [5.41, 5.74) is -0.884. The molecule has 0 aliphatic carbocycles. The molecule has 1 rings (SSSR count). The van der Waals surface area contributed by atoms with Gasteiger partial charge in [0.2, 0.25) is 0 Å². The molecule has 0 saturated heterocycles. The Balaban J connectivity index is 3.23. The SMILES string of the molecule is C=Cc1cccnc1C(F)(F)F. The van der Waals surface area contributed by atoms with Crippen LogP contribution in [-0.4, -0.2) is 4.98 Å². The molecule has 0 amide bonds. The Morgan fingerprint density at radius 1 is 1.42 bits per heavy atom. The van der Waals surface area contributed by atoms with Gasteiger partial charge < -0.3 is 0 Å². The van der Waals surface area contributed by atoms with Crippen molar-refractivity contribution >= 4 is 6.08 Å². The van der Waals surface area contributed by atoms with Gasteiger partial charge in [-0.05, 0) is 6.07 Å². The molecule has 0 unspecified atom stereocenters. The van der Waals surface area contributed by atoms with Crippen molar-refractivity contribution in [3.05, 3.63) is 36.2 Å². The largest absolute Gasteiger partial charge is 0.433 e. The van der Waals surface area contributed by atoms with Crippen molar-refractivity contribution in [2.45, 2.75) is 6.18 Å². The average molecular weight is 173 g/mol. The van der Waals surface area contributed by atoms with E-state index in [0.717, 1.165) is 12.3 Å². The highest BCUT2D eigenvalue weighted by Crippen LogP contribution is 2.30. The predicted molar refractivity (Wildman–Crippen MR) is 39.3 cm³/mol. The quantitative estimate of drug-likeness (QED) is 0.636. The first-order chi connectivity index (χ1) is 5.55. The van der Waals surface area contributed by atoms with E-state index in [2.05, 4.69) is 11.6 Å². The lowest BCUT2D eigenvalue weighted by Crippen LogP contribution is -2.09. The minimum Gasteiger partial charge on any atom is -0.251 e. The number of pyridine rings is 1. The normalized spacial score (nSPS) is 11.2. The van der Waals surface area contributed by atoms with Crippen LogP contribution < -0.4 is 0 Å². The highest BCUT2D eigenvalue weighted by molar-refractivity contribution is 5.49. The summed E-state index contributed by atoms with van der Waals surface area (Å²) in [5, 5.41) is 0. The Morgan fingerprint density at radius 3 is 2.50 bits per heavy atom. The number of hydrogen-bond acceptors (Lipinski definition) is 1. The molecule has 1 nitrogen and oxygen atoms in total. The van der Waals surface area contributed by atoms with E-state index in [0.29, 0.717) is 0 Å². The second-order valence-electron chi connectivity index (χ2n) is 2.14. The minimum absolute atomic E-state index is 0.00463. The van der Waals surface area contributed by atoms with Gasteiger partial charge in [0.15, 0.2) is 5.69 Å². The molecule has 0 bridgehead atoms. The molecule has 0 spiro atoms. The molecular weight excluding hydrogens is 167 g/mol. The maximum atomic E-state index is 12.1. The van der Waals surface area contributed by atoms with Crippen molar-refractivity contribution in [1.29, 1.82) is 0 Å². The van der Waals surface area contributed by atoms with Crippen LogP contribution in [0, 0.1) is 0 Å². The number of halogens is 3. The van der Waals surface area contributed by atoms with Crippen LogP contribution in [0.5, 0.6) is 0 Å². The summed E-state index contributed by atoms with van der Waals surface area (Å²) in [6.45, 7) is 3.27. The highest BCUT2D eigenvalue weighted by Gasteiger charge is 2.34. The molecule has 1 heterocycles. The summed E-state index contributed by atoms with van der Waals surface area (Å²) in [6, 6.07) is 2.76. The second-order valence-corrected chi connectivity index (χ2v) is 2.14. The highest BCUT2D eigenvalue weighted by atomic mass is 19.4.